The van der Waals surface area contributed by atoms with Crippen LogP contribution in [0, 0.1) is 0 Å². The zero-order valence-electron chi connectivity index (χ0n) is 10.1. The topological polar surface area (TPSA) is 58.5 Å². The number of thiophene rings is 2. The van der Waals surface area contributed by atoms with Crippen LogP contribution in [0.2, 0.25) is 0 Å². The molecule has 0 saturated carbocycles. The molecule has 0 aliphatic carbocycles. The molecule has 2 aliphatic rings. The first kappa shape index (κ1) is 11.7. The van der Waals surface area contributed by atoms with Gasteiger partial charge in [-0.05, 0) is 22.9 Å². The SMILES string of the molecule is O=C1N=C(c2cccs2)C2=C1C(c1cccs1)NC2=O. The van der Waals surface area contributed by atoms with E-state index in [4.69, 9.17) is 0 Å². The van der Waals surface area contributed by atoms with Gasteiger partial charge in [0.2, 0.25) is 0 Å². The molecule has 4 heterocycles. The molecule has 2 aromatic rings. The zero-order chi connectivity index (χ0) is 13.7. The Bertz CT molecular complexity index is 770. The third-order valence-electron chi connectivity index (χ3n) is 3.32. The number of rotatable bonds is 2. The van der Waals surface area contributed by atoms with Gasteiger partial charge in [-0.2, -0.15) is 0 Å². The average Bonchev–Trinajstić information content (AvgIpc) is 3.17. The molecule has 6 heteroatoms. The Morgan fingerprint density at radius 3 is 2.60 bits per heavy atom. The molecule has 0 spiro atoms. The number of carbonyl (C=O) groups excluding carboxylic acids is 2. The fraction of sp³-hybridized carbons (Fsp3) is 0.0714. The van der Waals surface area contributed by atoms with Crippen LogP contribution in [0.3, 0.4) is 0 Å². The fourth-order valence-electron chi connectivity index (χ4n) is 2.49. The van der Waals surface area contributed by atoms with Crippen LogP contribution in [0.25, 0.3) is 0 Å². The van der Waals surface area contributed by atoms with E-state index in [9.17, 15) is 9.59 Å². The summed E-state index contributed by atoms with van der Waals surface area (Å²) in [6, 6.07) is 7.23. The molecule has 1 atom stereocenters. The van der Waals surface area contributed by atoms with Gasteiger partial charge in [0.05, 0.1) is 27.8 Å². The van der Waals surface area contributed by atoms with Crippen LogP contribution in [-0.4, -0.2) is 17.5 Å². The van der Waals surface area contributed by atoms with E-state index in [1.54, 1.807) is 0 Å². The highest BCUT2D eigenvalue weighted by molar-refractivity contribution is 7.12. The molecular weight excluding hydrogens is 292 g/mol. The van der Waals surface area contributed by atoms with Crippen molar-refractivity contribution in [2.24, 2.45) is 4.99 Å². The third-order valence-corrected chi connectivity index (χ3v) is 5.14. The number of nitrogens with zero attached hydrogens (tertiary/aromatic N) is 1. The van der Waals surface area contributed by atoms with Crippen LogP contribution >= 0.6 is 22.7 Å². The van der Waals surface area contributed by atoms with Crippen molar-refractivity contribution in [3.8, 4) is 0 Å². The standard InChI is InChI=1S/C14H8N2O2S2/c17-13-9-10(12(16-13)8-4-2-6-20-8)14(18)15-11(9)7-3-1-5-19-7/h1-6,11H,(H,15,18). The van der Waals surface area contributed by atoms with Crippen LogP contribution in [-0.2, 0) is 9.59 Å². The highest BCUT2D eigenvalue weighted by Gasteiger charge is 2.43. The molecule has 0 bridgehead atoms. The molecule has 2 aromatic heterocycles. The lowest BCUT2D eigenvalue weighted by Crippen LogP contribution is -2.25. The van der Waals surface area contributed by atoms with Crippen LogP contribution in [0.4, 0.5) is 0 Å². The maximum Gasteiger partial charge on any atom is 0.276 e. The maximum absolute atomic E-state index is 12.2. The average molecular weight is 300 g/mol. The van der Waals surface area contributed by atoms with Crippen molar-refractivity contribution < 1.29 is 9.59 Å². The smallest absolute Gasteiger partial charge is 0.276 e. The summed E-state index contributed by atoms with van der Waals surface area (Å²) in [7, 11) is 0. The number of aliphatic imine (C=N–C) groups is 1. The first-order valence-corrected chi connectivity index (χ1v) is 7.77. The second kappa shape index (κ2) is 4.22. The second-order valence-electron chi connectivity index (χ2n) is 4.45. The number of hydrogen-bond donors (Lipinski definition) is 1. The predicted molar refractivity (Wildman–Crippen MR) is 78.1 cm³/mol. The molecule has 4 nitrogen and oxygen atoms in total. The van der Waals surface area contributed by atoms with Gasteiger partial charge < -0.3 is 5.32 Å². The zero-order valence-corrected chi connectivity index (χ0v) is 11.8. The molecule has 1 unspecified atom stereocenters. The van der Waals surface area contributed by atoms with Gasteiger partial charge in [0.15, 0.2) is 0 Å². The molecule has 4 rings (SSSR count). The summed E-state index contributed by atoms with van der Waals surface area (Å²) in [6.07, 6.45) is 0. The highest BCUT2D eigenvalue weighted by atomic mass is 32.1. The Hall–Kier alpha value is -2.05. The number of nitrogens with one attached hydrogen (secondary N) is 1. The van der Waals surface area contributed by atoms with Crippen molar-refractivity contribution in [1.82, 2.24) is 5.32 Å². The van der Waals surface area contributed by atoms with Crippen LogP contribution < -0.4 is 5.32 Å². The summed E-state index contributed by atoms with van der Waals surface area (Å²) in [5.74, 6) is -0.517. The Morgan fingerprint density at radius 1 is 1.10 bits per heavy atom. The molecule has 20 heavy (non-hydrogen) atoms. The minimum atomic E-state index is -0.355. The quantitative estimate of drug-likeness (QED) is 0.925. The van der Waals surface area contributed by atoms with Crippen molar-refractivity contribution in [1.29, 1.82) is 0 Å². The van der Waals surface area contributed by atoms with Gasteiger partial charge in [-0.3, -0.25) is 9.59 Å². The molecule has 0 saturated heterocycles. The molecule has 1 N–H and O–H groups in total. The normalized spacial score (nSPS) is 21.2. The minimum absolute atomic E-state index is 0.212. The lowest BCUT2D eigenvalue weighted by atomic mass is 10.0. The Kier molecular flexibility index (Phi) is 2.48. The van der Waals surface area contributed by atoms with Crippen molar-refractivity contribution in [3.63, 3.8) is 0 Å². The highest BCUT2D eigenvalue weighted by Crippen LogP contribution is 2.38. The van der Waals surface area contributed by atoms with E-state index < -0.39 is 0 Å². The van der Waals surface area contributed by atoms with E-state index in [1.165, 1.54) is 22.7 Å². The van der Waals surface area contributed by atoms with Gasteiger partial charge in [-0.25, -0.2) is 4.99 Å². The second-order valence-corrected chi connectivity index (χ2v) is 6.38. The van der Waals surface area contributed by atoms with Crippen molar-refractivity contribution in [2.45, 2.75) is 6.04 Å². The summed E-state index contributed by atoms with van der Waals surface area (Å²) in [4.78, 5) is 30.3. The fourth-order valence-corrected chi connectivity index (χ4v) is 3.99. The number of hydrogen-bond acceptors (Lipinski definition) is 4. The van der Waals surface area contributed by atoms with Crippen molar-refractivity contribution in [3.05, 3.63) is 55.9 Å². The van der Waals surface area contributed by atoms with E-state index in [-0.39, 0.29) is 17.9 Å². The van der Waals surface area contributed by atoms with E-state index in [0.29, 0.717) is 16.9 Å². The van der Waals surface area contributed by atoms with Gasteiger partial charge in [0.1, 0.15) is 0 Å². The summed E-state index contributed by atoms with van der Waals surface area (Å²) in [5, 5.41) is 6.72. The minimum Gasteiger partial charge on any atom is -0.340 e. The first-order chi connectivity index (χ1) is 9.75. The third kappa shape index (κ3) is 1.55. The summed E-state index contributed by atoms with van der Waals surface area (Å²) < 4.78 is 0. The van der Waals surface area contributed by atoms with Crippen LogP contribution in [0.1, 0.15) is 15.8 Å². The van der Waals surface area contributed by atoms with Crippen LogP contribution in [0.15, 0.2) is 51.2 Å². The molecule has 0 aromatic carbocycles. The number of carbonyl (C=O) groups is 2. The van der Waals surface area contributed by atoms with E-state index in [2.05, 4.69) is 10.3 Å². The lowest BCUT2D eigenvalue weighted by molar-refractivity contribution is -0.116. The molecule has 98 valence electrons. The molecular formula is C14H8N2O2S2. The van der Waals surface area contributed by atoms with Gasteiger partial charge in [-0.15, -0.1) is 22.7 Å². The monoisotopic (exact) mass is 300 g/mol. The van der Waals surface area contributed by atoms with Crippen LogP contribution in [0.5, 0.6) is 0 Å². The van der Waals surface area contributed by atoms with Gasteiger partial charge in [0, 0.05) is 4.88 Å². The van der Waals surface area contributed by atoms with Gasteiger partial charge >= 0.3 is 0 Å². The van der Waals surface area contributed by atoms with E-state index in [0.717, 1.165) is 9.75 Å². The van der Waals surface area contributed by atoms with E-state index >= 15 is 0 Å². The molecule has 0 fully saturated rings. The summed E-state index contributed by atoms with van der Waals surface area (Å²) in [5.41, 5.74) is 1.44. The van der Waals surface area contributed by atoms with Crippen molar-refractivity contribution in [2.75, 3.05) is 0 Å². The number of amides is 2. The Labute approximate surface area is 122 Å². The summed E-state index contributed by atoms with van der Waals surface area (Å²) in [6.45, 7) is 0. The lowest BCUT2D eigenvalue weighted by Gasteiger charge is -2.10. The van der Waals surface area contributed by atoms with Gasteiger partial charge in [-0.1, -0.05) is 12.1 Å². The predicted octanol–water partition coefficient (Wildman–Crippen LogP) is 2.31. The van der Waals surface area contributed by atoms with Crippen molar-refractivity contribution >= 4 is 40.2 Å². The Morgan fingerprint density at radius 2 is 1.90 bits per heavy atom. The first-order valence-electron chi connectivity index (χ1n) is 6.01. The van der Waals surface area contributed by atoms with Gasteiger partial charge in [0.25, 0.3) is 11.8 Å². The maximum atomic E-state index is 12.2. The molecule has 2 aliphatic heterocycles. The summed E-state index contributed by atoms with van der Waals surface area (Å²) >= 11 is 3.00. The largest absolute Gasteiger partial charge is 0.340 e. The molecule has 0 radical (unpaired) electrons. The van der Waals surface area contributed by atoms with E-state index in [1.807, 2.05) is 35.0 Å². The Balaban J connectivity index is 1.85. The molecule has 2 amide bonds.